The fourth-order valence-corrected chi connectivity index (χ4v) is 6.36. The van der Waals surface area contributed by atoms with Crippen molar-refractivity contribution in [1.29, 1.82) is 0 Å². The van der Waals surface area contributed by atoms with Gasteiger partial charge in [-0.1, -0.05) is 68.1 Å². The molecule has 1 fully saturated rings. The molecule has 0 aliphatic heterocycles. The smallest absolute Gasteiger partial charge is 0.243 e. The van der Waals surface area contributed by atoms with Crippen LogP contribution in [0.15, 0.2) is 42.5 Å². The summed E-state index contributed by atoms with van der Waals surface area (Å²) < 4.78 is 26.8. The standard InChI is InChI=1S/C31H45N3O4S/c1-6-28(31(36)32-27-13-8-7-9-14-27)33(22-26-19-17-23(2)18-20-26)30(35)16-11-21-34(39(5,37)38)29-15-10-12-24(3)25(29)4/h10,12,15,17-20,27-28H,6-9,11,13-14,16,21-22H2,1-5H3,(H,32,36)/t28-/m1/s1. The largest absolute Gasteiger partial charge is 0.352 e. The third-order valence-electron chi connectivity index (χ3n) is 7.81. The molecule has 7 nitrogen and oxygen atoms in total. The van der Waals surface area contributed by atoms with Crippen LogP contribution in [0.2, 0.25) is 0 Å². The molecule has 1 saturated carbocycles. The van der Waals surface area contributed by atoms with Gasteiger partial charge in [-0.3, -0.25) is 13.9 Å². The van der Waals surface area contributed by atoms with Crippen molar-refractivity contribution in [1.82, 2.24) is 10.2 Å². The Balaban J connectivity index is 1.77. The van der Waals surface area contributed by atoms with E-state index in [0.717, 1.165) is 47.9 Å². The molecule has 1 atom stereocenters. The van der Waals surface area contributed by atoms with E-state index in [1.165, 1.54) is 17.0 Å². The Morgan fingerprint density at radius 3 is 2.28 bits per heavy atom. The highest BCUT2D eigenvalue weighted by molar-refractivity contribution is 7.92. The Kier molecular flexibility index (Phi) is 11.0. The van der Waals surface area contributed by atoms with Gasteiger partial charge in [0, 0.05) is 25.6 Å². The SMILES string of the molecule is CC[C@H](C(=O)NC1CCCCC1)N(Cc1ccc(C)cc1)C(=O)CCCN(c1cccc(C)c1C)S(C)(=O)=O. The molecule has 214 valence electrons. The molecule has 1 aliphatic rings. The molecule has 0 spiro atoms. The van der Waals surface area contributed by atoms with Gasteiger partial charge in [0.2, 0.25) is 21.8 Å². The number of amides is 2. The van der Waals surface area contributed by atoms with Crippen molar-refractivity contribution in [3.63, 3.8) is 0 Å². The van der Waals surface area contributed by atoms with Crippen molar-refractivity contribution >= 4 is 27.5 Å². The second kappa shape index (κ2) is 14.0. The first-order valence-corrected chi connectivity index (χ1v) is 16.1. The van der Waals surface area contributed by atoms with Gasteiger partial charge < -0.3 is 10.2 Å². The van der Waals surface area contributed by atoms with Crippen molar-refractivity contribution in [3.05, 3.63) is 64.7 Å². The fourth-order valence-electron chi connectivity index (χ4n) is 5.34. The van der Waals surface area contributed by atoms with E-state index in [-0.39, 0.29) is 30.8 Å². The molecule has 0 saturated heterocycles. The van der Waals surface area contributed by atoms with Crippen LogP contribution in [0.25, 0.3) is 0 Å². The minimum atomic E-state index is -3.53. The lowest BCUT2D eigenvalue weighted by atomic mass is 9.95. The van der Waals surface area contributed by atoms with Gasteiger partial charge in [0.05, 0.1) is 11.9 Å². The molecule has 1 aliphatic carbocycles. The summed E-state index contributed by atoms with van der Waals surface area (Å²) in [6.07, 6.45) is 7.60. The summed E-state index contributed by atoms with van der Waals surface area (Å²) in [5, 5.41) is 3.21. The van der Waals surface area contributed by atoms with E-state index >= 15 is 0 Å². The van der Waals surface area contributed by atoms with E-state index in [1.807, 2.05) is 64.1 Å². The Hall–Kier alpha value is -2.87. The van der Waals surface area contributed by atoms with Gasteiger partial charge in [0.25, 0.3) is 0 Å². The maximum absolute atomic E-state index is 13.7. The third kappa shape index (κ3) is 8.56. The molecule has 0 bridgehead atoms. The first kappa shape index (κ1) is 30.7. The average molecular weight is 556 g/mol. The van der Waals surface area contributed by atoms with Gasteiger partial charge in [-0.15, -0.1) is 0 Å². The number of nitrogens with zero attached hydrogens (tertiary/aromatic N) is 2. The highest BCUT2D eigenvalue weighted by atomic mass is 32.2. The normalized spacial score (nSPS) is 15.0. The number of aryl methyl sites for hydroxylation is 2. The van der Waals surface area contributed by atoms with Crippen LogP contribution < -0.4 is 9.62 Å². The minimum Gasteiger partial charge on any atom is -0.352 e. The zero-order valence-electron chi connectivity index (χ0n) is 24.2. The lowest BCUT2D eigenvalue weighted by Crippen LogP contribution is -2.51. The molecule has 8 heteroatoms. The summed E-state index contributed by atoms with van der Waals surface area (Å²) in [6, 6.07) is 13.2. The van der Waals surface area contributed by atoms with Crippen LogP contribution in [0.1, 0.15) is 80.5 Å². The van der Waals surface area contributed by atoms with Gasteiger partial charge in [0.1, 0.15) is 6.04 Å². The molecule has 39 heavy (non-hydrogen) atoms. The fraction of sp³-hybridized carbons (Fsp3) is 0.548. The maximum Gasteiger partial charge on any atom is 0.243 e. The van der Waals surface area contributed by atoms with Crippen molar-refractivity contribution in [2.24, 2.45) is 0 Å². The van der Waals surface area contributed by atoms with Crippen molar-refractivity contribution in [2.45, 2.75) is 97.7 Å². The number of rotatable bonds is 12. The van der Waals surface area contributed by atoms with Gasteiger partial charge >= 0.3 is 0 Å². The van der Waals surface area contributed by atoms with E-state index in [9.17, 15) is 18.0 Å². The number of anilines is 1. The van der Waals surface area contributed by atoms with Crippen LogP contribution in [-0.2, 0) is 26.2 Å². The monoisotopic (exact) mass is 555 g/mol. The molecular weight excluding hydrogens is 510 g/mol. The molecular formula is C31H45N3O4S. The number of carbonyl (C=O) groups is 2. The van der Waals surface area contributed by atoms with Crippen molar-refractivity contribution in [3.8, 4) is 0 Å². The predicted molar refractivity (Wildman–Crippen MR) is 158 cm³/mol. The van der Waals surface area contributed by atoms with Gasteiger partial charge in [-0.2, -0.15) is 0 Å². The number of sulfonamides is 1. The molecule has 2 aromatic carbocycles. The second-order valence-electron chi connectivity index (χ2n) is 10.9. The lowest BCUT2D eigenvalue weighted by Gasteiger charge is -2.33. The van der Waals surface area contributed by atoms with E-state index in [1.54, 1.807) is 11.0 Å². The lowest BCUT2D eigenvalue weighted by molar-refractivity contribution is -0.141. The summed E-state index contributed by atoms with van der Waals surface area (Å²) in [5.41, 5.74) is 4.65. The molecule has 2 amide bonds. The molecule has 0 aromatic heterocycles. The molecule has 0 radical (unpaired) electrons. The number of carbonyl (C=O) groups excluding carboxylic acids is 2. The van der Waals surface area contributed by atoms with Crippen LogP contribution in [0.4, 0.5) is 5.69 Å². The van der Waals surface area contributed by atoms with Crippen LogP contribution in [0.3, 0.4) is 0 Å². The van der Waals surface area contributed by atoms with Crippen molar-refractivity contribution < 1.29 is 18.0 Å². The average Bonchev–Trinajstić information content (AvgIpc) is 2.89. The topological polar surface area (TPSA) is 86.8 Å². The molecule has 0 heterocycles. The summed E-state index contributed by atoms with van der Waals surface area (Å²) in [7, 11) is -3.53. The number of hydrogen-bond acceptors (Lipinski definition) is 4. The summed E-state index contributed by atoms with van der Waals surface area (Å²) >= 11 is 0. The zero-order chi connectivity index (χ0) is 28.6. The van der Waals surface area contributed by atoms with Gasteiger partial charge in [-0.05, 0) is 69.2 Å². The Morgan fingerprint density at radius 2 is 1.67 bits per heavy atom. The van der Waals surface area contributed by atoms with E-state index in [0.29, 0.717) is 25.1 Å². The summed E-state index contributed by atoms with van der Waals surface area (Å²) in [4.78, 5) is 28.8. The minimum absolute atomic E-state index is 0.0991. The summed E-state index contributed by atoms with van der Waals surface area (Å²) in [5.74, 6) is -0.242. The van der Waals surface area contributed by atoms with E-state index < -0.39 is 16.1 Å². The molecule has 2 aromatic rings. The Labute approximate surface area is 235 Å². The van der Waals surface area contributed by atoms with E-state index in [4.69, 9.17) is 0 Å². The first-order chi connectivity index (χ1) is 18.5. The van der Waals surface area contributed by atoms with Crippen molar-refractivity contribution in [2.75, 3.05) is 17.1 Å². The number of hydrogen-bond donors (Lipinski definition) is 1. The number of nitrogens with one attached hydrogen (secondary N) is 1. The Morgan fingerprint density at radius 1 is 1.00 bits per heavy atom. The highest BCUT2D eigenvalue weighted by Crippen LogP contribution is 2.26. The molecule has 0 unspecified atom stereocenters. The molecule has 3 rings (SSSR count). The maximum atomic E-state index is 13.7. The Bertz CT molecular complexity index is 1220. The zero-order valence-corrected chi connectivity index (χ0v) is 25.0. The van der Waals surface area contributed by atoms with Crippen LogP contribution in [0, 0.1) is 20.8 Å². The van der Waals surface area contributed by atoms with Crippen LogP contribution in [-0.4, -0.2) is 50.0 Å². The third-order valence-corrected chi connectivity index (χ3v) is 8.99. The highest BCUT2D eigenvalue weighted by Gasteiger charge is 2.30. The van der Waals surface area contributed by atoms with Crippen LogP contribution in [0.5, 0.6) is 0 Å². The first-order valence-electron chi connectivity index (χ1n) is 14.2. The van der Waals surface area contributed by atoms with Gasteiger partial charge in [-0.25, -0.2) is 8.42 Å². The number of benzene rings is 2. The van der Waals surface area contributed by atoms with Gasteiger partial charge in [0.15, 0.2) is 0 Å². The predicted octanol–water partition coefficient (Wildman–Crippen LogP) is 5.41. The second-order valence-corrected chi connectivity index (χ2v) is 12.8. The summed E-state index contributed by atoms with van der Waals surface area (Å²) in [6.45, 7) is 8.35. The van der Waals surface area contributed by atoms with E-state index in [2.05, 4.69) is 5.32 Å². The molecule has 1 N–H and O–H groups in total. The quantitative estimate of drug-likeness (QED) is 0.379. The van der Waals surface area contributed by atoms with Crippen LogP contribution >= 0.6 is 0 Å².